The summed E-state index contributed by atoms with van der Waals surface area (Å²) in [5.74, 6) is 0.718. The Morgan fingerprint density at radius 3 is 2.43 bits per heavy atom. The van der Waals surface area contributed by atoms with E-state index in [1.807, 2.05) is 6.07 Å². The average Bonchev–Trinajstić information content (AvgIpc) is 2.45. The van der Waals surface area contributed by atoms with Gasteiger partial charge >= 0.3 is 0 Å². The summed E-state index contributed by atoms with van der Waals surface area (Å²) in [6, 6.07) is 10.5. The maximum Gasteiger partial charge on any atom is 0.117 e. The summed E-state index contributed by atoms with van der Waals surface area (Å²) in [4.78, 5) is 5.53. The molecule has 0 saturated heterocycles. The standard InChI is InChI=1S/C18H28ClNO/c1-18(2,3)17(13-7-8-14-19)20-21-15-9-12-16-10-5-4-6-11-16/h4-6,10-11H,7-9,12-15H2,1-3H3/b20-17+. The molecule has 118 valence electrons. The van der Waals surface area contributed by atoms with Crippen molar-refractivity contribution in [2.45, 2.75) is 52.9 Å². The van der Waals surface area contributed by atoms with Crippen LogP contribution < -0.4 is 0 Å². The van der Waals surface area contributed by atoms with E-state index >= 15 is 0 Å². The molecule has 0 unspecified atom stereocenters. The summed E-state index contributed by atoms with van der Waals surface area (Å²) in [6.07, 6.45) is 5.10. The summed E-state index contributed by atoms with van der Waals surface area (Å²) in [6.45, 7) is 7.21. The predicted molar refractivity (Wildman–Crippen MR) is 92.2 cm³/mol. The van der Waals surface area contributed by atoms with Crippen LogP contribution in [0.25, 0.3) is 0 Å². The Hall–Kier alpha value is -1.02. The number of unbranched alkanes of at least 4 members (excludes halogenated alkanes) is 1. The van der Waals surface area contributed by atoms with Gasteiger partial charge in [-0.25, -0.2) is 0 Å². The van der Waals surface area contributed by atoms with E-state index in [0.717, 1.165) is 43.7 Å². The highest BCUT2D eigenvalue weighted by Crippen LogP contribution is 2.20. The van der Waals surface area contributed by atoms with Crippen molar-refractivity contribution in [3.8, 4) is 0 Å². The fraction of sp³-hybridized carbons (Fsp3) is 0.611. The van der Waals surface area contributed by atoms with E-state index in [1.165, 1.54) is 5.56 Å². The highest BCUT2D eigenvalue weighted by atomic mass is 35.5. The van der Waals surface area contributed by atoms with Crippen LogP contribution >= 0.6 is 11.6 Å². The third kappa shape index (κ3) is 8.11. The monoisotopic (exact) mass is 309 g/mol. The second-order valence-electron chi connectivity index (χ2n) is 6.36. The zero-order valence-electron chi connectivity index (χ0n) is 13.6. The van der Waals surface area contributed by atoms with Crippen molar-refractivity contribution in [2.24, 2.45) is 10.6 Å². The quantitative estimate of drug-likeness (QED) is 0.257. The fourth-order valence-electron chi connectivity index (χ4n) is 2.05. The van der Waals surface area contributed by atoms with E-state index in [0.29, 0.717) is 6.61 Å². The molecule has 0 bridgehead atoms. The molecule has 1 aromatic carbocycles. The van der Waals surface area contributed by atoms with Crippen molar-refractivity contribution < 1.29 is 4.84 Å². The molecule has 2 nitrogen and oxygen atoms in total. The Balaban J connectivity index is 2.33. The molecule has 0 N–H and O–H groups in total. The molecule has 1 aromatic rings. The van der Waals surface area contributed by atoms with Gasteiger partial charge in [0.15, 0.2) is 0 Å². The minimum absolute atomic E-state index is 0.0613. The predicted octanol–water partition coefficient (Wildman–Crippen LogP) is 5.45. The van der Waals surface area contributed by atoms with Crippen LogP contribution in [0.1, 0.15) is 52.0 Å². The first-order valence-electron chi connectivity index (χ1n) is 7.83. The zero-order chi connectivity index (χ0) is 15.6. The van der Waals surface area contributed by atoms with Crippen LogP contribution in [0, 0.1) is 5.41 Å². The minimum atomic E-state index is 0.0613. The molecule has 1 rings (SSSR count). The van der Waals surface area contributed by atoms with Crippen molar-refractivity contribution in [3.63, 3.8) is 0 Å². The average molecular weight is 310 g/mol. The van der Waals surface area contributed by atoms with Gasteiger partial charge in [0.2, 0.25) is 0 Å². The fourth-order valence-corrected chi connectivity index (χ4v) is 2.24. The lowest BCUT2D eigenvalue weighted by atomic mass is 9.87. The molecule has 0 amide bonds. The van der Waals surface area contributed by atoms with Crippen molar-refractivity contribution in [1.82, 2.24) is 0 Å². The topological polar surface area (TPSA) is 21.6 Å². The van der Waals surface area contributed by atoms with Gasteiger partial charge in [0, 0.05) is 11.3 Å². The first kappa shape index (κ1) is 18.0. The van der Waals surface area contributed by atoms with Gasteiger partial charge in [-0.3, -0.25) is 0 Å². The van der Waals surface area contributed by atoms with Crippen LogP contribution in [-0.4, -0.2) is 18.2 Å². The lowest BCUT2D eigenvalue weighted by Gasteiger charge is -2.20. The van der Waals surface area contributed by atoms with Gasteiger partial charge in [-0.1, -0.05) is 56.3 Å². The smallest absolute Gasteiger partial charge is 0.117 e. The van der Waals surface area contributed by atoms with E-state index < -0.39 is 0 Å². The van der Waals surface area contributed by atoms with Gasteiger partial charge < -0.3 is 4.84 Å². The molecule has 0 radical (unpaired) electrons. The third-order valence-electron chi connectivity index (χ3n) is 3.38. The molecule has 0 saturated carbocycles. The Labute approximate surface area is 134 Å². The normalized spacial score (nSPS) is 12.5. The SMILES string of the molecule is CC(C)(C)/C(CCCCCl)=N/OCCCc1ccccc1. The maximum absolute atomic E-state index is 5.73. The Morgan fingerprint density at radius 1 is 1.10 bits per heavy atom. The van der Waals surface area contributed by atoms with Gasteiger partial charge in [0.25, 0.3) is 0 Å². The second kappa shape index (κ2) is 9.83. The van der Waals surface area contributed by atoms with E-state index in [-0.39, 0.29) is 5.41 Å². The minimum Gasteiger partial charge on any atom is -0.396 e. The number of halogens is 1. The van der Waals surface area contributed by atoms with Crippen LogP contribution in [-0.2, 0) is 11.3 Å². The second-order valence-corrected chi connectivity index (χ2v) is 6.73. The molecule has 21 heavy (non-hydrogen) atoms. The van der Waals surface area contributed by atoms with Crippen LogP contribution in [0.15, 0.2) is 35.5 Å². The van der Waals surface area contributed by atoms with Crippen LogP contribution in [0.5, 0.6) is 0 Å². The van der Waals surface area contributed by atoms with Crippen molar-refractivity contribution in [1.29, 1.82) is 0 Å². The number of rotatable bonds is 9. The highest BCUT2D eigenvalue weighted by Gasteiger charge is 2.19. The molecule has 0 fully saturated rings. The number of benzene rings is 1. The van der Waals surface area contributed by atoms with Gasteiger partial charge in [-0.2, -0.15) is 0 Å². The first-order valence-corrected chi connectivity index (χ1v) is 8.36. The van der Waals surface area contributed by atoms with Gasteiger partial charge in [0.05, 0.1) is 5.71 Å². The van der Waals surface area contributed by atoms with Crippen LogP contribution in [0.3, 0.4) is 0 Å². The summed E-state index contributed by atoms with van der Waals surface area (Å²) in [5.41, 5.74) is 2.54. The molecule has 0 aromatic heterocycles. The number of alkyl halides is 1. The summed E-state index contributed by atoms with van der Waals surface area (Å²) in [7, 11) is 0. The van der Waals surface area contributed by atoms with Crippen LogP contribution in [0.2, 0.25) is 0 Å². The Morgan fingerprint density at radius 2 is 1.81 bits per heavy atom. The number of hydrogen-bond acceptors (Lipinski definition) is 2. The molecular formula is C18H28ClNO. The Bertz CT molecular complexity index is 409. The zero-order valence-corrected chi connectivity index (χ0v) is 14.3. The molecule has 3 heteroatoms. The molecule has 0 aliphatic rings. The first-order chi connectivity index (χ1) is 10.0. The van der Waals surface area contributed by atoms with Crippen molar-refractivity contribution >= 4 is 17.3 Å². The third-order valence-corrected chi connectivity index (χ3v) is 3.65. The number of hydrogen-bond donors (Lipinski definition) is 0. The largest absolute Gasteiger partial charge is 0.396 e. The van der Waals surface area contributed by atoms with E-state index in [4.69, 9.17) is 16.4 Å². The highest BCUT2D eigenvalue weighted by molar-refractivity contribution is 6.17. The van der Waals surface area contributed by atoms with E-state index in [9.17, 15) is 0 Å². The maximum atomic E-state index is 5.73. The van der Waals surface area contributed by atoms with Crippen molar-refractivity contribution in [3.05, 3.63) is 35.9 Å². The molecule has 0 spiro atoms. The lowest BCUT2D eigenvalue weighted by molar-refractivity contribution is 0.138. The van der Waals surface area contributed by atoms with Crippen LogP contribution in [0.4, 0.5) is 0 Å². The number of aryl methyl sites for hydroxylation is 1. The number of oxime groups is 1. The van der Waals surface area contributed by atoms with Crippen molar-refractivity contribution in [2.75, 3.05) is 12.5 Å². The van der Waals surface area contributed by atoms with E-state index in [1.54, 1.807) is 0 Å². The molecule has 0 aliphatic heterocycles. The van der Waals surface area contributed by atoms with Gasteiger partial charge in [-0.05, 0) is 37.7 Å². The van der Waals surface area contributed by atoms with Gasteiger partial charge in [-0.15, -0.1) is 11.6 Å². The summed E-state index contributed by atoms with van der Waals surface area (Å²) in [5, 5.41) is 4.37. The Kier molecular flexibility index (Phi) is 8.44. The lowest BCUT2D eigenvalue weighted by Crippen LogP contribution is -2.21. The molecular weight excluding hydrogens is 282 g/mol. The van der Waals surface area contributed by atoms with Gasteiger partial charge in [0.1, 0.15) is 6.61 Å². The van der Waals surface area contributed by atoms with E-state index in [2.05, 4.69) is 50.2 Å². The number of nitrogens with zero attached hydrogens (tertiary/aromatic N) is 1. The summed E-state index contributed by atoms with van der Waals surface area (Å²) < 4.78 is 0. The molecule has 0 heterocycles. The summed E-state index contributed by atoms with van der Waals surface area (Å²) >= 11 is 5.73. The molecule has 0 aliphatic carbocycles. The molecule has 0 atom stereocenters.